The summed E-state index contributed by atoms with van der Waals surface area (Å²) in [6.07, 6.45) is 0. The van der Waals surface area contributed by atoms with Gasteiger partial charge in [-0.15, -0.1) is 0 Å². The Hall–Kier alpha value is -3.40. The molecule has 4 heteroatoms. The van der Waals surface area contributed by atoms with Crippen LogP contribution < -0.4 is 10.9 Å². The summed E-state index contributed by atoms with van der Waals surface area (Å²) in [5, 5.41) is 2.87. The van der Waals surface area contributed by atoms with Gasteiger partial charge in [0.1, 0.15) is 11.0 Å². The zero-order valence-electron chi connectivity index (χ0n) is 14.2. The lowest BCUT2D eigenvalue weighted by Gasteiger charge is -2.13. The largest absolute Gasteiger partial charge is 0.439 e. The highest BCUT2D eigenvalue weighted by Gasteiger charge is 2.18. The van der Waals surface area contributed by atoms with Crippen molar-refractivity contribution in [1.82, 2.24) is 4.57 Å². The average Bonchev–Trinajstić information content (AvgIpc) is 2.68. The lowest BCUT2D eigenvalue weighted by molar-refractivity contribution is 0.606. The third-order valence-corrected chi connectivity index (χ3v) is 4.99. The molecule has 5 aromatic rings. The van der Waals surface area contributed by atoms with Gasteiger partial charge in [-0.1, -0.05) is 42.5 Å². The van der Waals surface area contributed by atoms with E-state index in [-0.39, 0.29) is 16.2 Å². The highest BCUT2D eigenvalue weighted by Crippen LogP contribution is 2.26. The minimum Gasteiger partial charge on any atom is -0.439 e. The predicted molar refractivity (Wildman–Crippen MR) is 105 cm³/mol. The second-order valence-electron chi connectivity index (χ2n) is 6.36. The topological polar surface area (TPSA) is 52.2 Å². The van der Waals surface area contributed by atoms with Crippen molar-refractivity contribution in [3.05, 3.63) is 81.1 Å². The van der Waals surface area contributed by atoms with Crippen molar-refractivity contribution >= 4 is 43.7 Å². The second-order valence-corrected chi connectivity index (χ2v) is 6.36. The maximum Gasteiger partial charge on any atom is 0.215 e. The molecule has 126 valence electrons. The fraction of sp³-hybridized carbons (Fsp3) is 0.0909. The summed E-state index contributed by atoms with van der Waals surface area (Å²) in [4.78, 5) is 26.4. The molecule has 26 heavy (non-hydrogen) atoms. The van der Waals surface area contributed by atoms with Gasteiger partial charge in [-0.3, -0.25) is 9.59 Å². The van der Waals surface area contributed by atoms with Crippen LogP contribution in [0.5, 0.6) is 0 Å². The fourth-order valence-electron chi connectivity index (χ4n) is 3.80. The minimum absolute atomic E-state index is 0.120. The Morgan fingerprint density at radius 2 is 1.54 bits per heavy atom. The van der Waals surface area contributed by atoms with E-state index in [9.17, 15) is 9.59 Å². The van der Waals surface area contributed by atoms with Crippen LogP contribution in [0.25, 0.3) is 43.7 Å². The highest BCUT2D eigenvalue weighted by molar-refractivity contribution is 6.08. The van der Waals surface area contributed by atoms with E-state index in [1.54, 1.807) is 12.1 Å². The number of fused-ring (bicyclic) bond motifs is 5. The number of pyridine rings is 1. The Bertz CT molecular complexity index is 1460. The molecular formula is C22H15NO3. The zero-order valence-corrected chi connectivity index (χ0v) is 14.2. The maximum atomic E-state index is 13.4. The van der Waals surface area contributed by atoms with Gasteiger partial charge in [0.25, 0.3) is 0 Å². The predicted octanol–water partition coefficient (Wildman–Crippen LogP) is 4.43. The second kappa shape index (κ2) is 5.30. The molecular weight excluding hydrogens is 326 g/mol. The molecule has 0 aliphatic rings. The van der Waals surface area contributed by atoms with Crippen LogP contribution in [0.1, 0.15) is 6.92 Å². The first kappa shape index (κ1) is 14.9. The van der Waals surface area contributed by atoms with Crippen LogP contribution in [0.3, 0.4) is 0 Å². The molecule has 0 N–H and O–H groups in total. The van der Waals surface area contributed by atoms with Crippen LogP contribution in [0.4, 0.5) is 0 Å². The number of nitrogens with zero attached hydrogens (tertiary/aromatic N) is 1. The van der Waals surface area contributed by atoms with Gasteiger partial charge in [0, 0.05) is 11.9 Å². The molecule has 0 atom stereocenters. The van der Waals surface area contributed by atoms with Crippen molar-refractivity contribution in [2.45, 2.75) is 13.5 Å². The molecule has 0 amide bonds. The van der Waals surface area contributed by atoms with Gasteiger partial charge < -0.3 is 8.98 Å². The molecule has 2 heterocycles. The monoisotopic (exact) mass is 341 g/mol. The van der Waals surface area contributed by atoms with Crippen LogP contribution in [-0.2, 0) is 6.54 Å². The minimum atomic E-state index is -0.274. The molecule has 0 bridgehead atoms. The highest BCUT2D eigenvalue weighted by atomic mass is 16.3. The standard InChI is InChI=1S/C22H15NO3/c1-2-23-16-10-6-5-9-15(16)20(24)19-21(25)18-14-8-4-3-7-13(14)11-12-17(18)26-22(19)23/h3-12H,2H2,1H3. The molecule has 0 radical (unpaired) electrons. The van der Waals surface area contributed by atoms with Crippen LogP contribution in [0.15, 0.2) is 74.7 Å². The molecule has 0 aliphatic heterocycles. The van der Waals surface area contributed by atoms with Gasteiger partial charge in [-0.25, -0.2) is 0 Å². The third-order valence-electron chi connectivity index (χ3n) is 4.99. The van der Waals surface area contributed by atoms with Gasteiger partial charge in [-0.2, -0.15) is 0 Å². The van der Waals surface area contributed by atoms with Crippen molar-refractivity contribution in [1.29, 1.82) is 0 Å². The first-order chi connectivity index (χ1) is 12.7. The molecule has 0 saturated heterocycles. The third kappa shape index (κ3) is 1.84. The van der Waals surface area contributed by atoms with Crippen LogP contribution in [0.2, 0.25) is 0 Å². The molecule has 3 aromatic carbocycles. The van der Waals surface area contributed by atoms with Crippen molar-refractivity contribution in [2.24, 2.45) is 0 Å². The molecule has 0 unspecified atom stereocenters. The molecule has 0 spiro atoms. The van der Waals surface area contributed by atoms with E-state index in [2.05, 4.69) is 0 Å². The van der Waals surface area contributed by atoms with E-state index in [4.69, 9.17) is 4.42 Å². The van der Waals surface area contributed by atoms with Crippen molar-refractivity contribution in [3.63, 3.8) is 0 Å². The summed E-state index contributed by atoms with van der Waals surface area (Å²) in [6, 6.07) is 18.7. The van der Waals surface area contributed by atoms with Gasteiger partial charge in [-0.05, 0) is 35.9 Å². The normalized spacial score (nSPS) is 11.7. The van der Waals surface area contributed by atoms with Gasteiger partial charge in [0.05, 0.1) is 10.9 Å². The number of aromatic nitrogens is 1. The molecule has 0 aliphatic carbocycles. The van der Waals surface area contributed by atoms with Crippen molar-refractivity contribution < 1.29 is 4.42 Å². The number of aryl methyl sites for hydroxylation is 1. The number of rotatable bonds is 1. The summed E-state index contributed by atoms with van der Waals surface area (Å²) in [6.45, 7) is 2.57. The zero-order chi connectivity index (χ0) is 17.8. The van der Waals surface area contributed by atoms with Gasteiger partial charge in [0.2, 0.25) is 16.6 Å². The SMILES string of the molecule is CCn1c2ccccc2c(=O)c2c(=O)c3c(ccc4ccccc43)oc21. The Kier molecular flexibility index (Phi) is 3.04. The lowest BCUT2D eigenvalue weighted by atomic mass is 10.0. The van der Waals surface area contributed by atoms with E-state index >= 15 is 0 Å². The van der Waals surface area contributed by atoms with Crippen LogP contribution in [-0.4, -0.2) is 4.57 Å². The number of hydrogen-bond acceptors (Lipinski definition) is 3. The summed E-state index contributed by atoms with van der Waals surface area (Å²) < 4.78 is 8.00. The Morgan fingerprint density at radius 3 is 2.35 bits per heavy atom. The lowest BCUT2D eigenvalue weighted by Crippen LogP contribution is -2.18. The molecule has 2 aromatic heterocycles. The smallest absolute Gasteiger partial charge is 0.215 e. The number of benzene rings is 3. The first-order valence-corrected chi connectivity index (χ1v) is 8.60. The Balaban J connectivity index is 2.16. The van der Waals surface area contributed by atoms with Crippen LogP contribution in [0, 0.1) is 0 Å². The summed E-state index contributed by atoms with van der Waals surface area (Å²) in [7, 11) is 0. The van der Waals surface area contributed by atoms with Gasteiger partial charge >= 0.3 is 0 Å². The average molecular weight is 341 g/mol. The number of hydrogen-bond donors (Lipinski definition) is 0. The quantitative estimate of drug-likeness (QED) is 0.335. The van der Waals surface area contributed by atoms with Crippen molar-refractivity contribution in [3.8, 4) is 0 Å². The van der Waals surface area contributed by atoms with E-state index in [1.807, 2.05) is 60.0 Å². The molecule has 0 fully saturated rings. The molecule has 5 rings (SSSR count). The summed E-state index contributed by atoms with van der Waals surface area (Å²) >= 11 is 0. The van der Waals surface area contributed by atoms with Gasteiger partial charge in [0.15, 0.2) is 0 Å². The Labute approximate surface area is 147 Å². The van der Waals surface area contributed by atoms with Crippen molar-refractivity contribution in [2.75, 3.05) is 0 Å². The fourth-order valence-corrected chi connectivity index (χ4v) is 3.80. The summed E-state index contributed by atoms with van der Waals surface area (Å²) in [5.41, 5.74) is 1.07. The van der Waals surface area contributed by atoms with E-state index in [0.29, 0.717) is 28.6 Å². The molecule has 4 nitrogen and oxygen atoms in total. The van der Waals surface area contributed by atoms with E-state index < -0.39 is 0 Å². The molecule has 0 saturated carbocycles. The maximum absolute atomic E-state index is 13.4. The van der Waals surface area contributed by atoms with E-state index in [0.717, 1.165) is 16.3 Å². The van der Waals surface area contributed by atoms with E-state index in [1.165, 1.54) is 0 Å². The van der Waals surface area contributed by atoms with Crippen LogP contribution >= 0.6 is 0 Å². The Morgan fingerprint density at radius 1 is 0.808 bits per heavy atom. The number of para-hydroxylation sites is 1. The summed E-state index contributed by atoms with van der Waals surface area (Å²) in [5.74, 6) is 0. The first-order valence-electron chi connectivity index (χ1n) is 8.60.